The van der Waals surface area contributed by atoms with E-state index in [4.69, 9.17) is 4.74 Å². The molecule has 1 aromatic rings. The third-order valence-corrected chi connectivity index (χ3v) is 6.32. The van der Waals surface area contributed by atoms with Gasteiger partial charge in [0.1, 0.15) is 0 Å². The van der Waals surface area contributed by atoms with Crippen LogP contribution in [0.5, 0.6) is 0 Å². The second-order valence-corrected chi connectivity index (χ2v) is 7.76. The van der Waals surface area contributed by atoms with Gasteiger partial charge in [-0.05, 0) is 44.0 Å². The molecule has 0 spiro atoms. The molecule has 1 aromatic carbocycles. The summed E-state index contributed by atoms with van der Waals surface area (Å²) in [6.45, 7) is 0. The molecule has 120 valence electrons. The molecule has 5 heteroatoms. The van der Waals surface area contributed by atoms with E-state index in [1.165, 1.54) is 7.11 Å². The van der Waals surface area contributed by atoms with Crippen LogP contribution in [0, 0.1) is 5.92 Å². The minimum absolute atomic E-state index is 0.105. The van der Waals surface area contributed by atoms with Gasteiger partial charge in [-0.15, -0.1) is 0 Å². The van der Waals surface area contributed by atoms with Crippen LogP contribution in [0.2, 0.25) is 0 Å². The number of piperidine rings is 1. The third-order valence-electron chi connectivity index (χ3n) is 5.38. The Bertz CT molecular complexity index is 586. The zero-order valence-corrected chi connectivity index (χ0v) is 14.1. The van der Waals surface area contributed by atoms with Crippen molar-refractivity contribution in [2.75, 3.05) is 20.4 Å². The fourth-order valence-corrected chi connectivity index (χ4v) is 4.69. The maximum atomic E-state index is 12.4. The van der Waals surface area contributed by atoms with Crippen LogP contribution in [0.25, 0.3) is 0 Å². The van der Waals surface area contributed by atoms with E-state index in [1.807, 2.05) is 24.3 Å². The van der Waals surface area contributed by atoms with Gasteiger partial charge < -0.3 is 4.74 Å². The van der Waals surface area contributed by atoms with Crippen molar-refractivity contribution in [2.45, 2.75) is 42.2 Å². The summed E-state index contributed by atoms with van der Waals surface area (Å²) in [5.74, 6) is -0.0161. The van der Waals surface area contributed by atoms with Crippen molar-refractivity contribution in [3.8, 4) is 0 Å². The summed E-state index contributed by atoms with van der Waals surface area (Å²) in [5, 5.41) is 0. The van der Waals surface area contributed by atoms with Crippen molar-refractivity contribution in [3.05, 3.63) is 29.8 Å². The molecular weight excluding hydrogens is 298 g/mol. The smallest absolute Gasteiger partial charge is 0.310 e. The average Bonchev–Trinajstić information content (AvgIpc) is 2.76. The molecule has 2 bridgehead atoms. The number of carbonyl (C=O) groups is 1. The Labute approximate surface area is 134 Å². The molecule has 2 aliphatic rings. The second-order valence-electron chi connectivity index (χ2n) is 6.38. The molecule has 0 N–H and O–H groups in total. The Balaban J connectivity index is 1.93. The maximum absolute atomic E-state index is 12.4. The predicted octanol–water partition coefficient (Wildman–Crippen LogP) is 2.16. The lowest BCUT2D eigenvalue weighted by Crippen LogP contribution is -2.49. The number of rotatable bonds is 3. The maximum Gasteiger partial charge on any atom is 0.310 e. The van der Waals surface area contributed by atoms with Gasteiger partial charge in [0, 0.05) is 40.0 Å². The van der Waals surface area contributed by atoms with Crippen LogP contribution < -0.4 is 0 Å². The lowest BCUT2D eigenvalue weighted by atomic mass is 9.76. The molecule has 4 nitrogen and oxygen atoms in total. The first-order valence-electron chi connectivity index (χ1n) is 7.76. The van der Waals surface area contributed by atoms with Gasteiger partial charge in [0.05, 0.1) is 13.0 Å². The minimum atomic E-state index is -0.969. The third kappa shape index (κ3) is 2.61. The first-order chi connectivity index (χ1) is 10.5. The number of carbonyl (C=O) groups excluding carboxylic acids is 1. The average molecular weight is 321 g/mol. The van der Waals surface area contributed by atoms with Gasteiger partial charge in [-0.1, -0.05) is 12.1 Å². The van der Waals surface area contributed by atoms with E-state index in [-0.39, 0.29) is 23.8 Å². The molecule has 2 fully saturated rings. The van der Waals surface area contributed by atoms with Gasteiger partial charge in [0.2, 0.25) is 0 Å². The molecule has 3 unspecified atom stereocenters. The molecule has 0 amide bonds. The number of nitrogens with zero attached hydrogens (tertiary/aromatic N) is 1. The summed E-state index contributed by atoms with van der Waals surface area (Å²) in [7, 11) is 2.63. The van der Waals surface area contributed by atoms with Crippen molar-refractivity contribution in [1.82, 2.24) is 4.90 Å². The van der Waals surface area contributed by atoms with E-state index < -0.39 is 10.8 Å². The Hall–Kier alpha value is -1.20. The fourth-order valence-electron chi connectivity index (χ4n) is 4.17. The van der Waals surface area contributed by atoms with Crippen molar-refractivity contribution in [2.24, 2.45) is 5.92 Å². The molecule has 3 rings (SSSR count). The number of esters is 1. The highest BCUT2D eigenvalue weighted by atomic mass is 32.2. The van der Waals surface area contributed by atoms with Crippen molar-refractivity contribution in [3.63, 3.8) is 0 Å². The number of fused-ring (bicyclic) bond motifs is 2. The molecule has 0 aromatic heterocycles. The number of hydrogen-bond acceptors (Lipinski definition) is 4. The largest absolute Gasteiger partial charge is 0.469 e. The van der Waals surface area contributed by atoms with E-state index in [1.54, 1.807) is 6.26 Å². The first kappa shape index (κ1) is 15.7. The van der Waals surface area contributed by atoms with Gasteiger partial charge in [-0.3, -0.25) is 13.9 Å². The van der Waals surface area contributed by atoms with Gasteiger partial charge in [-0.2, -0.15) is 0 Å². The molecular formula is C17H23NO3S. The molecule has 22 heavy (non-hydrogen) atoms. The molecule has 2 aliphatic heterocycles. The van der Waals surface area contributed by atoms with Gasteiger partial charge in [0.15, 0.2) is 0 Å². The van der Waals surface area contributed by atoms with Crippen LogP contribution in [-0.2, 0) is 20.3 Å². The summed E-state index contributed by atoms with van der Waals surface area (Å²) < 4.78 is 16.6. The summed E-state index contributed by atoms with van der Waals surface area (Å²) >= 11 is 0. The lowest BCUT2D eigenvalue weighted by Gasteiger charge is -2.41. The SMILES string of the molecule is COC(=O)[C@@H]1C2CCC(C[C@@H]1c1ccc(S(C)=O)cc1)N2C. The van der Waals surface area contributed by atoms with E-state index in [9.17, 15) is 9.00 Å². The Morgan fingerprint density at radius 2 is 1.95 bits per heavy atom. The summed E-state index contributed by atoms with van der Waals surface area (Å²) in [5.41, 5.74) is 1.16. The van der Waals surface area contributed by atoms with Crippen LogP contribution in [0.3, 0.4) is 0 Å². The summed E-state index contributed by atoms with van der Waals surface area (Å²) in [6.07, 6.45) is 4.89. The molecule has 0 aliphatic carbocycles. The summed E-state index contributed by atoms with van der Waals surface area (Å²) in [4.78, 5) is 15.5. The van der Waals surface area contributed by atoms with E-state index in [2.05, 4.69) is 11.9 Å². The highest BCUT2D eigenvalue weighted by molar-refractivity contribution is 7.84. The van der Waals surface area contributed by atoms with E-state index in [0.717, 1.165) is 29.7 Å². The predicted molar refractivity (Wildman–Crippen MR) is 86.2 cm³/mol. The first-order valence-corrected chi connectivity index (χ1v) is 9.32. The van der Waals surface area contributed by atoms with Crippen molar-refractivity contribution < 1.29 is 13.7 Å². The second kappa shape index (κ2) is 6.13. The lowest BCUT2D eigenvalue weighted by molar-refractivity contribution is -0.150. The molecule has 2 saturated heterocycles. The quantitative estimate of drug-likeness (QED) is 0.801. The molecule has 0 saturated carbocycles. The zero-order chi connectivity index (χ0) is 15.9. The molecule has 5 atom stereocenters. The Kier molecular flexibility index (Phi) is 4.37. The molecule has 0 radical (unpaired) electrons. The number of ether oxygens (including phenoxy) is 1. The minimum Gasteiger partial charge on any atom is -0.469 e. The molecule has 2 heterocycles. The Morgan fingerprint density at radius 3 is 2.55 bits per heavy atom. The van der Waals surface area contributed by atoms with Crippen molar-refractivity contribution >= 4 is 16.8 Å². The standard InChI is InChI=1S/C17H23NO3S/c1-18-12-6-9-15(18)16(17(19)21-2)14(10-12)11-4-7-13(8-5-11)22(3)20/h4-5,7-8,12,14-16H,6,9-10H2,1-3H3/t12?,14-,15?,16+,22?/m1/s1. The van der Waals surface area contributed by atoms with Crippen LogP contribution >= 0.6 is 0 Å². The zero-order valence-electron chi connectivity index (χ0n) is 13.3. The number of methoxy groups -OCH3 is 1. The van der Waals surface area contributed by atoms with Gasteiger partial charge in [0.25, 0.3) is 0 Å². The topological polar surface area (TPSA) is 46.6 Å². The van der Waals surface area contributed by atoms with Gasteiger partial charge >= 0.3 is 5.97 Å². The summed E-state index contributed by atoms with van der Waals surface area (Å²) in [6, 6.07) is 8.72. The fraction of sp³-hybridized carbons (Fsp3) is 0.588. The van der Waals surface area contributed by atoms with Crippen molar-refractivity contribution in [1.29, 1.82) is 0 Å². The van der Waals surface area contributed by atoms with Crippen LogP contribution in [0.4, 0.5) is 0 Å². The van der Waals surface area contributed by atoms with Crippen LogP contribution in [0.1, 0.15) is 30.7 Å². The van der Waals surface area contributed by atoms with Gasteiger partial charge in [-0.25, -0.2) is 0 Å². The van der Waals surface area contributed by atoms with E-state index in [0.29, 0.717) is 6.04 Å². The van der Waals surface area contributed by atoms with Crippen LogP contribution in [0.15, 0.2) is 29.2 Å². The highest BCUT2D eigenvalue weighted by Crippen LogP contribution is 2.46. The number of benzene rings is 1. The van der Waals surface area contributed by atoms with Crippen LogP contribution in [-0.4, -0.2) is 47.6 Å². The normalized spacial score (nSPS) is 32.7. The van der Waals surface area contributed by atoms with E-state index >= 15 is 0 Å². The number of hydrogen-bond donors (Lipinski definition) is 0. The monoisotopic (exact) mass is 321 g/mol. The highest BCUT2D eigenvalue weighted by Gasteiger charge is 2.49. The Morgan fingerprint density at radius 1 is 1.27 bits per heavy atom.